The molecule has 0 bridgehead atoms. The monoisotopic (exact) mass is 381 g/mol. The van der Waals surface area contributed by atoms with Gasteiger partial charge >= 0.3 is 0 Å². The topological polar surface area (TPSA) is 48.6 Å². The lowest BCUT2D eigenvalue weighted by Crippen LogP contribution is -2.47. The molecule has 28 heavy (non-hydrogen) atoms. The quantitative estimate of drug-likeness (QED) is 0.802. The summed E-state index contributed by atoms with van der Waals surface area (Å²) in [5, 5.41) is 0. The summed E-state index contributed by atoms with van der Waals surface area (Å²) in [5.41, 5.74) is 3.69. The molecule has 0 spiro atoms. The van der Waals surface area contributed by atoms with Crippen LogP contribution in [0.1, 0.15) is 34.5 Å². The third kappa shape index (κ3) is 4.31. The second-order valence-corrected chi connectivity index (χ2v) is 8.16. The van der Waals surface area contributed by atoms with Gasteiger partial charge in [0.2, 0.25) is 0 Å². The number of aromatic amines is 1. The number of fused-ring (bicyclic) bond motifs is 1. The van der Waals surface area contributed by atoms with Crippen molar-refractivity contribution in [1.82, 2.24) is 14.8 Å². The van der Waals surface area contributed by atoms with E-state index >= 15 is 0 Å². The average Bonchev–Trinajstić information content (AvgIpc) is 3.40. The lowest BCUT2D eigenvalue weighted by molar-refractivity contribution is 0.0569. The first-order chi connectivity index (χ1) is 13.7. The second kappa shape index (κ2) is 8.93. The molecule has 5 nitrogen and oxygen atoms in total. The van der Waals surface area contributed by atoms with Crippen molar-refractivity contribution in [2.75, 3.05) is 39.9 Å². The van der Waals surface area contributed by atoms with Crippen molar-refractivity contribution in [2.24, 2.45) is 5.92 Å². The van der Waals surface area contributed by atoms with Crippen LogP contribution in [0.15, 0.2) is 42.6 Å². The minimum Gasteiger partial charge on any atom is -0.383 e. The first-order valence-electron chi connectivity index (χ1n) is 10.5. The highest BCUT2D eigenvalue weighted by Crippen LogP contribution is 2.29. The molecule has 1 aliphatic carbocycles. The Kier molecular flexibility index (Phi) is 6.13. The minimum absolute atomic E-state index is 0.0763. The molecule has 4 rings (SSSR count). The highest BCUT2D eigenvalue weighted by molar-refractivity contribution is 5.92. The fourth-order valence-electron chi connectivity index (χ4n) is 4.79. The van der Waals surface area contributed by atoms with Crippen LogP contribution >= 0.6 is 0 Å². The van der Waals surface area contributed by atoms with E-state index in [4.69, 9.17) is 4.74 Å². The van der Waals surface area contributed by atoms with E-state index in [2.05, 4.69) is 34.1 Å². The Balaban J connectivity index is 1.38. The normalized spacial score (nSPS) is 20.2. The molecule has 1 fully saturated rings. The minimum atomic E-state index is 0.0763. The fourth-order valence-corrected chi connectivity index (χ4v) is 4.79. The van der Waals surface area contributed by atoms with Gasteiger partial charge < -0.3 is 14.6 Å². The van der Waals surface area contributed by atoms with Gasteiger partial charge in [0.15, 0.2) is 0 Å². The number of aromatic nitrogens is 1. The molecule has 1 aromatic carbocycles. The third-order valence-electron chi connectivity index (χ3n) is 6.26. The number of hydrogen-bond acceptors (Lipinski definition) is 3. The van der Waals surface area contributed by atoms with Crippen molar-refractivity contribution in [3.63, 3.8) is 0 Å². The van der Waals surface area contributed by atoms with Gasteiger partial charge in [-0.05, 0) is 61.4 Å². The fraction of sp³-hybridized carbons (Fsp3) is 0.522. The molecule has 150 valence electrons. The summed E-state index contributed by atoms with van der Waals surface area (Å²) in [6.45, 7) is 4.27. The molecule has 2 aliphatic rings. The van der Waals surface area contributed by atoms with Crippen LogP contribution in [0.25, 0.3) is 0 Å². The maximum absolute atomic E-state index is 12.9. The number of carbonyl (C=O) groups excluding carboxylic acids is 1. The van der Waals surface area contributed by atoms with Crippen LogP contribution in [0.5, 0.6) is 0 Å². The van der Waals surface area contributed by atoms with E-state index in [1.54, 1.807) is 7.11 Å². The van der Waals surface area contributed by atoms with Crippen molar-refractivity contribution in [2.45, 2.75) is 31.7 Å². The average molecular weight is 382 g/mol. The largest absolute Gasteiger partial charge is 0.383 e. The van der Waals surface area contributed by atoms with Crippen LogP contribution in [0.4, 0.5) is 0 Å². The molecular weight excluding hydrogens is 350 g/mol. The lowest BCUT2D eigenvalue weighted by atomic mass is 9.95. The van der Waals surface area contributed by atoms with Crippen LogP contribution in [0, 0.1) is 5.92 Å². The zero-order chi connectivity index (χ0) is 19.3. The van der Waals surface area contributed by atoms with Gasteiger partial charge in [-0.25, -0.2) is 0 Å². The Morgan fingerprint density at radius 3 is 2.68 bits per heavy atom. The standard InChI is InChI=1S/C23H31N3O2/c1-28-13-12-26(23(27)22-9-4-10-24-22)17-18-6-5-11-25(16-18)21-14-19-7-2-3-8-20(19)15-21/h2-4,7-10,18,21,24H,5-6,11-17H2,1H3/t18-/m0/s1. The summed E-state index contributed by atoms with van der Waals surface area (Å²) in [6, 6.07) is 13.2. The van der Waals surface area contributed by atoms with E-state index in [0.717, 1.165) is 25.9 Å². The first-order valence-corrected chi connectivity index (χ1v) is 10.5. The van der Waals surface area contributed by atoms with Gasteiger partial charge in [-0.15, -0.1) is 0 Å². The van der Waals surface area contributed by atoms with Crippen molar-refractivity contribution in [3.05, 3.63) is 59.4 Å². The van der Waals surface area contributed by atoms with Crippen LogP contribution in [0.3, 0.4) is 0 Å². The molecule has 1 N–H and O–H groups in total. The number of carbonyl (C=O) groups is 1. The maximum Gasteiger partial charge on any atom is 0.270 e. The number of nitrogens with zero attached hydrogens (tertiary/aromatic N) is 2. The van der Waals surface area contributed by atoms with E-state index in [0.29, 0.717) is 30.8 Å². The Labute approximate surface area is 167 Å². The van der Waals surface area contributed by atoms with Crippen LogP contribution in [-0.4, -0.2) is 66.6 Å². The van der Waals surface area contributed by atoms with Crippen molar-refractivity contribution < 1.29 is 9.53 Å². The van der Waals surface area contributed by atoms with Crippen molar-refractivity contribution in [1.29, 1.82) is 0 Å². The summed E-state index contributed by atoms with van der Waals surface area (Å²) >= 11 is 0. The number of amides is 1. The first kappa shape index (κ1) is 19.2. The zero-order valence-electron chi connectivity index (χ0n) is 16.8. The molecule has 0 unspecified atom stereocenters. The van der Waals surface area contributed by atoms with Gasteiger partial charge in [-0.3, -0.25) is 9.69 Å². The molecule has 1 aliphatic heterocycles. The maximum atomic E-state index is 12.9. The van der Waals surface area contributed by atoms with Gasteiger partial charge in [0.05, 0.1) is 6.61 Å². The number of piperidine rings is 1. The van der Waals surface area contributed by atoms with Crippen LogP contribution in [0.2, 0.25) is 0 Å². The lowest BCUT2D eigenvalue weighted by Gasteiger charge is -2.38. The molecule has 1 amide bonds. The third-order valence-corrected chi connectivity index (χ3v) is 6.26. The molecule has 0 radical (unpaired) electrons. The number of nitrogens with one attached hydrogen (secondary N) is 1. The molecule has 2 heterocycles. The van der Waals surface area contributed by atoms with Crippen molar-refractivity contribution in [3.8, 4) is 0 Å². The molecule has 1 atom stereocenters. The predicted octanol–water partition coefficient (Wildman–Crippen LogP) is 2.98. The number of ether oxygens (including phenoxy) is 1. The number of likely N-dealkylation sites (tertiary alicyclic amines) is 1. The Morgan fingerprint density at radius 2 is 2.00 bits per heavy atom. The van der Waals surface area contributed by atoms with Crippen LogP contribution < -0.4 is 0 Å². The van der Waals surface area contributed by atoms with Gasteiger partial charge in [0, 0.05) is 39.0 Å². The molecule has 0 saturated carbocycles. The smallest absolute Gasteiger partial charge is 0.270 e. The Hall–Kier alpha value is -2.11. The van der Waals surface area contributed by atoms with E-state index in [-0.39, 0.29) is 5.91 Å². The Bertz CT molecular complexity index is 749. The Morgan fingerprint density at radius 1 is 1.21 bits per heavy atom. The molecule has 2 aromatic rings. The highest BCUT2D eigenvalue weighted by atomic mass is 16.5. The van der Waals surface area contributed by atoms with Gasteiger partial charge in [-0.2, -0.15) is 0 Å². The van der Waals surface area contributed by atoms with E-state index < -0.39 is 0 Å². The van der Waals surface area contributed by atoms with Crippen molar-refractivity contribution >= 4 is 5.91 Å². The summed E-state index contributed by atoms with van der Waals surface area (Å²) in [4.78, 5) is 20.6. The summed E-state index contributed by atoms with van der Waals surface area (Å²) in [6.07, 6.45) is 6.54. The molecule has 5 heteroatoms. The summed E-state index contributed by atoms with van der Waals surface area (Å²) < 4.78 is 5.25. The van der Waals surface area contributed by atoms with Gasteiger partial charge in [0.1, 0.15) is 5.69 Å². The summed E-state index contributed by atoms with van der Waals surface area (Å²) in [7, 11) is 1.69. The van der Waals surface area contributed by atoms with E-state index in [1.165, 1.54) is 30.5 Å². The predicted molar refractivity (Wildman–Crippen MR) is 111 cm³/mol. The number of hydrogen-bond donors (Lipinski definition) is 1. The number of benzene rings is 1. The number of H-pyrrole nitrogens is 1. The zero-order valence-corrected chi connectivity index (χ0v) is 16.8. The van der Waals surface area contributed by atoms with Crippen LogP contribution in [-0.2, 0) is 17.6 Å². The number of rotatable bonds is 7. The van der Waals surface area contributed by atoms with E-state index in [1.807, 2.05) is 23.2 Å². The molecule has 1 saturated heterocycles. The molecular formula is C23H31N3O2. The number of methoxy groups -OCH3 is 1. The SMILES string of the molecule is COCCN(C[C@H]1CCCN(C2Cc3ccccc3C2)C1)C(=O)c1ccc[nH]1. The van der Waals surface area contributed by atoms with Gasteiger partial charge in [0.25, 0.3) is 5.91 Å². The van der Waals surface area contributed by atoms with Gasteiger partial charge in [-0.1, -0.05) is 24.3 Å². The highest BCUT2D eigenvalue weighted by Gasteiger charge is 2.31. The second-order valence-electron chi connectivity index (χ2n) is 8.16. The molecule has 1 aromatic heterocycles. The van der Waals surface area contributed by atoms with E-state index in [9.17, 15) is 4.79 Å². The summed E-state index contributed by atoms with van der Waals surface area (Å²) in [5.74, 6) is 0.598.